The van der Waals surface area contributed by atoms with Crippen LogP contribution >= 0.6 is 11.6 Å². The van der Waals surface area contributed by atoms with E-state index in [0.717, 1.165) is 5.56 Å². The average molecular weight is 289 g/mol. The molecule has 0 aliphatic carbocycles. The lowest BCUT2D eigenvalue weighted by molar-refractivity contribution is 0.112. The number of urea groups is 1. The minimum absolute atomic E-state index is 0.366. The van der Waals surface area contributed by atoms with Gasteiger partial charge in [-0.1, -0.05) is 35.9 Å². The van der Waals surface area contributed by atoms with Gasteiger partial charge in [0.15, 0.2) is 6.29 Å². The molecule has 20 heavy (non-hydrogen) atoms. The van der Waals surface area contributed by atoms with Gasteiger partial charge in [-0.15, -0.1) is 0 Å². The van der Waals surface area contributed by atoms with Crippen molar-refractivity contribution in [2.75, 3.05) is 4.90 Å². The maximum Gasteiger partial charge on any atom is 0.323 e. The number of hydrogen-bond acceptors (Lipinski definition) is 2. The highest BCUT2D eigenvalue weighted by molar-refractivity contribution is 6.34. The molecule has 0 aliphatic rings. The monoisotopic (exact) mass is 288 g/mol. The van der Waals surface area contributed by atoms with Crippen molar-refractivity contribution in [3.8, 4) is 0 Å². The van der Waals surface area contributed by atoms with Crippen LogP contribution in [0, 0.1) is 6.92 Å². The molecule has 0 unspecified atom stereocenters. The minimum Gasteiger partial charge on any atom is -0.351 e. The van der Waals surface area contributed by atoms with Crippen LogP contribution in [-0.2, 0) is 0 Å². The lowest BCUT2D eigenvalue weighted by atomic mass is 10.1. The van der Waals surface area contributed by atoms with Crippen LogP contribution < -0.4 is 10.6 Å². The van der Waals surface area contributed by atoms with E-state index in [4.69, 9.17) is 17.3 Å². The first-order chi connectivity index (χ1) is 9.56. The third-order valence-corrected chi connectivity index (χ3v) is 3.24. The summed E-state index contributed by atoms with van der Waals surface area (Å²) in [5.74, 6) is 0. The second kappa shape index (κ2) is 5.75. The fourth-order valence-electron chi connectivity index (χ4n) is 2.05. The van der Waals surface area contributed by atoms with E-state index < -0.39 is 6.03 Å². The van der Waals surface area contributed by atoms with Crippen LogP contribution in [0.3, 0.4) is 0 Å². The number of nitrogens with two attached hydrogens (primary N) is 1. The standard InChI is InChI=1S/C15H13ClN2O2/c1-10-5-4-7-12(16)14(10)18(15(17)20)13-8-3-2-6-11(13)9-19/h2-9H,1H3,(H2,17,20). The fourth-order valence-corrected chi connectivity index (χ4v) is 2.35. The Labute approximate surface area is 121 Å². The van der Waals surface area contributed by atoms with E-state index >= 15 is 0 Å². The van der Waals surface area contributed by atoms with Crippen molar-refractivity contribution in [1.82, 2.24) is 0 Å². The summed E-state index contributed by atoms with van der Waals surface area (Å²) in [7, 11) is 0. The van der Waals surface area contributed by atoms with Gasteiger partial charge in [0.1, 0.15) is 0 Å². The summed E-state index contributed by atoms with van der Waals surface area (Å²) in [4.78, 5) is 24.2. The van der Waals surface area contributed by atoms with Gasteiger partial charge in [0.2, 0.25) is 0 Å². The molecule has 0 spiro atoms. The molecule has 0 heterocycles. The van der Waals surface area contributed by atoms with E-state index in [1.54, 1.807) is 36.4 Å². The van der Waals surface area contributed by atoms with Crippen LogP contribution in [0.5, 0.6) is 0 Å². The van der Waals surface area contributed by atoms with E-state index in [9.17, 15) is 9.59 Å². The number of benzene rings is 2. The SMILES string of the molecule is Cc1cccc(Cl)c1N(C(N)=O)c1ccccc1C=O. The van der Waals surface area contributed by atoms with Crippen molar-refractivity contribution < 1.29 is 9.59 Å². The molecular weight excluding hydrogens is 276 g/mol. The van der Waals surface area contributed by atoms with Gasteiger partial charge in [0.25, 0.3) is 0 Å². The summed E-state index contributed by atoms with van der Waals surface area (Å²) >= 11 is 6.18. The summed E-state index contributed by atoms with van der Waals surface area (Å²) in [5.41, 5.74) is 7.52. The molecule has 2 N–H and O–H groups in total. The Morgan fingerprint density at radius 2 is 1.90 bits per heavy atom. The Balaban J connectivity index is 2.70. The first-order valence-corrected chi connectivity index (χ1v) is 6.33. The number of amides is 2. The van der Waals surface area contributed by atoms with Gasteiger partial charge < -0.3 is 5.73 Å². The highest BCUT2D eigenvalue weighted by atomic mass is 35.5. The molecule has 0 radical (unpaired) electrons. The topological polar surface area (TPSA) is 63.4 Å². The zero-order valence-electron chi connectivity index (χ0n) is 10.8. The number of para-hydroxylation sites is 2. The molecule has 0 aliphatic heterocycles. The second-order valence-corrected chi connectivity index (χ2v) is 4.66. The molecule has 0 bridgehead atoms. The van der Waals surface area contributed by atoms with Crippen molar-refractivity contribution >= 4 is 35.3 Å². The average Bonchev–Trinajstić information content (AvgIpc) is 2.42. The van der Waals surface area contributed by atoms with Gasteiger partial charge in [-0.05, 0) is 30.7 Å². The molecule has 4 nitrogen and oxygen atoms in total. The number of halogens is 1. The zero-order chi connectivity index (χ0) is 14.7. The Hall–Kier alpha value is -2.33. The molecule has 0 saturated carbocycles. The molecule has 0 atom stereocenters. The first-order valence-electron chi connectivity index (χ1n) is 5.95. The van der Waals surface area contributed by atoms with Gasteiger partial charge in [0.05, 0.1) is 16.4 Å². The third-order valence-electron chi connectivity index (χ3n) is 2.94. The van der Waals surface area contributed by atoms with Crippen LogP contribution in [0.25, 0.3) is 0 Å². The quantitative estimate of drug-likeness (QED) is 0.876. The summed E-state index contributed by atoms with van der Waals surface area (Å²) < 4.78 is 0. The molecule has 102 valence electrons. The first kappa shape index (κ1) is 14.1. The largest absolute Gasteiger partial charge is 0.351 e. The van der Waals surface area contributed by atoms with Crippen molar-refractivity contribution in [3.05, 3.63) is 58.6 Å². The molecular formula is C15H13ClN2O2. The number of carbonyl (C=O) groups is 2. The zero-order valence-corrected chi connectivity index (χ0v) is 11.6. The smallest absolute Gasteiger partial charge is 0.323 e. The Morgan fingerprint density at radius 1 is 1.20 bits per heavy atom. The highest BCUT2D eigenvalue weighted by Crippen LogP contribution is 2.35. The molecule has 2 amide bonds. The number of nitrogens with zero attached hydrogens (tertiary/aromatic N) is 1. The molecule has 2 aromatic carbocycles. The number of carbonyl (C=O) groups excluding carboxylic acids is 2. The van der Waals surface area contributed by atoms with Gasteiger partial charge in [-0.2, -0.15) is 0 Å². The number of aryl methyl sites for hydroxylation is 1. The Morgan fingerprint density at radius 3 is 2.50 bits per heavy atom. The molecule has 0 aromatic heterocycles. The third kappa shape index (κ3) is 2.51. The second-order valence-electron chi connectivity index (χ2n) is 4.26. The number of hydrogen-bond donors (Lipinski definition) is 1. The van der Waals surface area contributed by atoms with E-state index in [1.165, 1.54) is 4.90 Å². The lowest BCUT2D eigenvalue weighted by Gasteiger charge is -2.24. The van der Waals surface area contributed by atoms with Gasteiger partial charge in [-0.25, -0.2) is 4.79 Å². The Kier molecular flexibility index (Phi) is 4.05. The van der Waals surface area contributed by atoms with Gasteiger partial charge in [-0.3, -0.25) is 9.69 Å². The minimum atomic E-state index is -0.699. The van der Waals surface area contributed by atoms with Crippen LogP contribution in [0.1, 0.15) is 15.9 Å². The molecule has 2 rings (SSSR count). The number of primary amides is 1. The predicted molar refractivity (Wildman–Crippen MR) is 79.7 cm³/mol. The van der Waals surface area contributed by atoms with Crippen LogP contribution in [0.2, 0.25) is 5.02 Å². The normalized spacial score (nSPS) is 10.1. The van der Waals surface area contributed by atoms with E-state index in [1.807, 2.05) is 13.0 Å². The summed E-state index contributed by atoms with van der Waals surface area (Å²) in [6.45, 7) is 1.82. The van der Waals surface area contributed by atoms with Crippen molar-refractivity contribution in [1.29, 1.82) is 0 Å². The van der Waals surface area contributed by atoms with E-state index in [2.05, 4.69) is 0 Å². The molecule has 2 aromatic rings. The number of anilines is 2. The number of rotatable bonds is 3. The highest BCUT2D eigenvalue weighted by Gasteiger charge is 2.21. The van der Waals surface area contributed by atoms with Crippen LogP contribution in [0.15, 0.2) is 42.5 Å². The molecule has 0 fully saturated rings. The van der Waals surface area contributed by atoms with Crippen molar-refractivity contribution in [2.45, 2.75) is 6.92 Å². The number of aldehydes is 1. The lowest BCUT2D eigenvalue weighted by Crippen LogP contribution is -2.33. The maximum atomic E-state index is 11.8. The predicted octanol–water partition coefficient (Wildman–Crippen LogP) is 3.68. The Bertz CT molecular complexity index is 650. The fraction of sp³-hybridized carbons (Fsp3) is 0.0667. The molecule has 0 saturated heterocycles. The summed E-state index contributed by atoms with van der Waals surface area (Å²) in [6.07, 6.45) is 0.678. The van der Waals surface area contributed by atoms with E-state index in [0.29, 0.717) is 28.2 Å². The van der Waals surface area contributed by atoms with Crippen molar-refractivity contribution in [3.63, 3.8) is 0 Å². The summed E-state index contributed by atoms with van der Waals surface area (Å²) in [6, 6.07) is 11.3. The van der Waals surface area contributed by atoms with Crippen molar-refractivity contribution in [2.24, 2.45) is 5.73 Å². The summed E-state index contributed by atoms with van der Waals surface area (Å²) in [5, 5.41) is 0.393. The maximum absolute atomic E-state index is 11.8. The molecule has 5 heteroatoms. The van der Waals surface area contributed by atoms with Gasteiger partial charge >= 0.3 is 6.03 Å². The van der Waals surface area contributed by atoms with Crippen LogP contribution in [-0.4, -0.2) is 12.3 Å². The van der Waals surface area contributed by atoms with E-state index in [-0.39, 0.29) is 0 Å². The van der Waals surface area contributed by atoms with Crippen LogP contribution in [0.4, 0.5) is 16.2 Å². The van der Waals surface area contributed by atoms with Gasteiger partial charge in [0, 0.05) is 5.56 Å².